The van der Waals surface area contributed by atoms with Crippen LogP contribution in [0.5, 0.6) is 0 Å². The summed E-state index contributed by atoms with van der Waals surface area (Å²) in [6.07, 6.45) is 14.1. The minimum absolute atomic E-state index is 0.922. The quantitative estimate of drug-likeness (QED) is 0.140. The number of hydrogen-bond donors (Lipinski definition) is 0. The van der Waals surface area contributed by atoms with Crippen molar-refractivity contribution in [1.29, 1.82) is 0 Å². The van der Waals surface area contributed by atoms with Crippen molar-refractivity contribution in [3.05, 3.63) is 202 Å². The van der Waals surface area contributed by atoms with E-state index in [1.165, 1.54) is 50.1 Å². The second-order valence-corrected chi connectivity index (χ2v) is 12.2. The van der Waals surface area contributed by atoms with Crippen molar-refractivity contribution >= 4 is 47.4 Å². The largest absolute Gasteiger partial charge is 0.311 e. The highest BCUT2D eigenvalue weighted by molar-refractivity contribution is 5.80. The van der Waals surface area contributed by atoms with Gasteiger partial charge in [-0.15, -0.1) is 0 Å². The Morgan fingerprint density at radius 3 is 1.19 bits per heavy atom. The molecule has 47 heavy (non-hydrogen) atoms. The van der Waals surface area contributed by atoms with Crippen LogP contribution in [-0.2, 0) is 6.42 Å². The van der Waals surface area contributed by atoms with Crippen LogP contribution in [0.3, 0.4) is 0 Å². The van der Waals surface area contributed by atoms with Gasteiger partial charge in [-0.25, -0.2) is 0 Å². The first kappa shape index (κ1) is 31.3. The predicted octanol–water partition coefficient (Wildman–Crippen LogP) is 12.7. The molecule has 0 bridgehead atoms. The molecular formula is C46H41N. The van der Waals surface area contributed by atoms with Gasteiger partial charge in [-0.2, -0.15) is 0 Å². The third-order valence-electron chi connectivity index (χ3n) is 8.22. The number of allylic oxidation sites excluding steroid dienone is 1. The van der Waals surface area contributed by atoms with Crippen molar-refractivity contribution in [2.24, 2.45) is 0 Å². The first-order valence-electron chi connectivity index (χ1n) is 16.3. The highest BCUT2D eigenvalue weighted by atomic mass is 15.1. The Morgan fingerprint density at radius 2 is 0.766 bits per heavy atom. The summed E-state index contributed by atoms with van der Waals surface area (Å²) in [4.78, 5) is 2.32. The predicted molar refractivity (Wildman–Crippen MR) is 205 cm³/mol. The molecule has 0 unspecified atom stereocenters. The lowest BCUT2D eigenvalue weighted by atomic mass is 10.1. The minimum atomic E-state index is 0.922. The first-order valence-corrected chi connectivity index (χ1v) is 16.3. The molecule has 0 aromatic heterocycles. The fourth-order valence-electron chi connectivity index (χ4n) is 5.75. The summed E-state index contributed by atoms with van der Waals surface area (Å²) in [6.45, 7) is 6.40. The van der Waals surface area contributed by atoms with Crippen LogP contribution >= 0.6 is 0 Å². The maximum Gasteiger partial charge on any atom is 0.0462 e. The molecule has 0 amide bonds. The third kappa shape index (κ3) is 8.75. The van der Waals surface area contributed by atoms with E-state index in [-0.39, 0.29) is 0 Å². The Hall–Kier alpha value is -5.66. The average molecular weight is 608 g/mol. The second-order valence-electron chi connectivity index (χ2n) is 12.2. The maximum absolute atomic E-state index is 2.32. The Kier molecular flexibility index (Phi) is 10.1. The minimum Gasteiger partial charge on any atom is -0.311 e. The number of hydrogen-bond acceptors (Lipinski definition) is 1. The summed E-state index contributed by atoms with van der Waals surface area (Å²) in [6, 6.07) is 52.3. The van der Waals surface area contributed by atoms with Gasteiger partial charge in [-0.1, -0.05) is 162 Å². The zero-order chi connectivity index (χ0) is 32.4. The van der Waals surface area contributed by atoms with Crippen molar-refractivity contribution in [2.45, 2.75) is 27.2 Å². The number of rotatable bonds is 10. The fourth-order valence-corrected chi connectivity index (χ4v) is 5.75. The molecule has 0 spiro atoms. The van der Waals surface area contributed by atoms with E-state index in [1.54, 1.807) is 0 Å². The van der Waals surface area contributed by atoms with E-state index in [4.69, 9.17) is 0 Å². The molecule has 0 N–H and O–H groups in total. The molecule has 0 saturated heterocycles. The zero-order valence-electron chi connectivity index (χ0n) is 27.5. The van der Waals surface area contributed by atoms with Crippen LogP contribution in [-0.4, -0.2) is 0 Å². The van der Waals surface area contributed by atoms with E-state index in [2.05, 4.69) is 208 Å². The molecule has 6 aromatic carbocycles. The number of anilines is 3. The van der Waals surface area contributed by atoms with Crippen molar-refractivity contribution in [3.63, 3.8) is 0 Å². The monoisotopic (exact) mass is 607 g/mol. The second kappa shape index (κ2) is 15.1. The average Bonchev–Trinajstić information content (AvgIpc) is 3.08. The number of benzene rings is 6. The topological polar surface area (TPSA) is 3.24 Å². The summed E-state index contributed by atoms with van der Waals surface area (Å²) >= 11 is 0. The lowest BCUT2D eigenvalue weighted by Gasteiger charge is -2.26. The maximum atomic E-state index is 2.32. The standard InChI is InChI=1S/C46H41N/c1-35-8-4-12-41(32-35)15-7-11-38-20-26-44(27-21-38)47(45-28-22-39(23-29-45)16-18-42-13-5-9-36(2)33-42)46-30-24-40(25-31-46)17-19-43-14-6-10-37(3)34-43/h4-14,16-34H,15H2,1-3H3/b11-7+,18-16+,19-17+. The SMILES string of the molecule is Cc1cccc(/C=C/c2ccc(N(c3ccc(/C=C/Cc4cccc(C)c4)cc3)c3ccc(/C=C/c4cccc(C)c4)cc3)cc2)c1. The van der Waals surface area contributed by atoms with E-state index < -0.39 is 0 Å². The summed E-state index contributed by atoms with van der Waals surface area (Å²) in [5, 5.41) is 0. The van der Waals surface area contributed by atoms with Crippen LogP contribution in [0, 0.1) is 20.8 Å². The Bertz CT molecular complexity index is 1910. The van der Waals surface area contributed by atoms with E-state index >= 15 is 0 Å². The molecule has 6 rings (SSSR count). The fraction of sp³-hybridized carbons (Fsp3) is 0.0870. The van der Waals surface area contributed by atoms with Crippen LogP contribution < -0.4 is 4.90 Å². The van der Waals surface area contributed by atoms with Crippen molar-refractivity contribution < 1.29 is 0 Å². The molecule has 0 aliphatic heterocycles. The van der Waals surface area contributed by atoms with Crippen LogP contribution in [0.2, 0.25) is 0 Å². The van der Waals surface area contributed by atoms with Crippen LogP contribution in [0.25, 0.3) is 30.4 Å². The van der Waals surface area contributed by atoms with E-state index in [0.717, 1.165) is 23.5 Å². The molecule has 0 radical (unpaired) electrons. The van der Waals surface area contributed by atoms with E-state index in [0.29, 0.717) is 0 Å². The molecule has 1 nitrogen and oxygen atoms in total. The highest BCUT2D eigenvalue weighted by Crippen LogP contribution is 2.35. The van der Waals surface area contributed by atoms with Gasteiger partial charge in [0.05, 0.1) is 0 Å². The van der Waals surface area contributed by atoms with Crippen LogP contribution in [0.4, 0.5) is 17.1 Å². The number of nitrogens with zero attached hydrogens (tertiary/aromatic N) is 1. The van der Waals surface area contributed by atoms with Crippen molar-refractivity contribution in [3.8, 4) is 0 Å². The van der Waals surface area contributed by atoms with Crippen molar-refractivity contribution in [2.75, 3.05) is 4.90 Å². The molecule has 1 heteroatoms. The van der Waals surface area contributed by atoms with Crippen molar-refractivity contribution in [1.82, 2.24) is 0 Å². The molecule has 6 aromatic rings. The molecular weight excluding hydrogens is 567 g/mol. The molecule has 230 valence electrons. The van der Waals surface area contributed by atoms with Crippen LogP contribution in [0.15, 0.2) is 152 Å². The highest BCUT2D eigenvalue weighted by Gasteiger charge is 2.12. The van der Waals surface area contributed by atoms with Gasteiger partial charge in [0, 0.05) is 17.1 Å². The Labute approximate surface area is 280 Å². The Morgan fingerprint density at radius 1 is 0.383 bits per heavy atom. The Balaban J connectivity index is 1.25. The van der Waals surface area contributed by atoms with Gasteiger partial charge in [0.15, 0.2) is 0 Å². The van der Waals surface area contributed by atoms with E-state index in [9.17, 15) is 0 Å². The smallest absolute Gasteiger partial charge is 0.0462 e. The van der Waals surface area contributed by atoms with Gasteiger partial charge >= 0.3 is 0 Å². The summed E-state index contributed by atoms with van der Waals surface area (Å²) in [7, 11) is 0. The van der Waals surface area contributed by atoms with Gasteiger partial charge in [0.2, 0.25) is 0 Å². The lowest BCUT2D eigenvalue weighted by molar-refractivity contribution is 1.25. The molecule has 0 atom stereocenters. The summed E-state index contributed by atoms with van der Waals surface area (Å²) in [5.41, 5.74) is 14.4. The summed E-state index contributed by atoms with van der Waals surface area (Å²) in [5.74, 6) is 0. The van der Waals surface area contributed by atoms with Crippen LogP contribution in [0.1, 0.15) is 50.1 Å². The van der Waals surface area contributed by atoms with Gasteiger partial charge in [-0.3, -0.25) is 0 Å². The van der Waals surface area contributed by atoms with Gasteiger partial charge in [0.1, 0.15) is 0 Å². The third-order valence-corrected chi connectivity index (χ3v) is 8.22. The lowest BCUT2D eigenvalue weighted by Crippen LogP contribution is -2.09. The molecule has 0 fully saturated rings. The zero-order valence-corrected chi connectivity index (χ0v) is 27.5. The first-order chi connectivity index (χ1) is 23.0. The van der Waals surface area contributed by atoms with Gasteiger partial charge < -0.3 is 4.90 Å². The van der Waals surface area contributed by atoms with Gasteiger partial charge in [0.25, 0.3) is 0 Å². The molecule has 0 aliphatic rings. The molecule has 0 saturated carbocycles. The van der Waals surface area contributed by atoms with E-state index in [1.807, 2.05) is 0 Å². The normalized spacial score (nSPS) is 11.6. The number of aryl methyl sites for hydroxylation is 3. The summed E-state index contributed by atoms with van der Waals surface area (Å²) < 4.78 is 0. The molecule has 0 heterocycles. The molecule has 0 aliphatic carbocycles. The van der Waals surface area contributed by atoms with Gasteiger partial charge in [-0.05, 0) is 97.0 Å².